The highest BCUT2D eigenvalue weighted by Gasteiger charge is 2.27. The molecule has 0 bridgehead atoms. The third kappa shape index (κ3) is 2.82. The van der Waals surface area contributed by atoms with E-state index in [1.165, 1.54) is 24.9 Å². The van der Waals surface area contributed by atoms with E-state index in [2.05, 4.69) is 29.1 Å². The molecule has 0 spiro atoms. The molecule has 1 nitrogen and oxygen atoms in total. The lowest BCUT2D eigenvalue weighted by molar-refractivity contribution is 0.462. The molecular formula is C11H17NS. The summed E-state index contributed by atoms with van der Waals surface area (Å²) < 4.78 is 0. The molecule has 1 aromatic rings. The summed E-state index contributed by atoms with van der Waals surface area (Å²) in [6.07, 6.45) is 2.92. The largest absolute Gasteiger partial charge is 0.312 e. The molecule has 1 heterocycles. The summed E-state index contributed by atoms with van der Waals surface area (Å²) >= 11 is 1.78. The van der Waals surface area contributed by atoms with Crippen molar-refractivity contribution in [2.24, 2.45) is 11.8 Å². The van der Waals surface area contributed by atoms with Crippen LogP contribution in [0.4, 0.5) is 0 Å². The van der Waals surface area contributed by atoms with Crippen molar-refractivity contribution in [1.82, 2.24) is 5.32 Å². The summed E-state index contributed by atoms with van der Waals surface area (Å²) in [7, 11) is 0. The van der Waals surface area contributed by atoms with E-state index in [-0.39, 0.29) is 0 Å². The van der Waals surface area contributed by atoms with Crippen LogP contribution in [0.1, 0.15) is 25.3 Å². The van der Waals surface area contributed by atoms with Gasteiger partial charge in [0.1, 0.15) is 0 Å². The molecule has 0 radical (unpaired) electrons. The molecule has 1 N–H and O–H groups in total. The monoisotopic (exact) mass is 195 g/mol. The number of thiophene rings is 1. The molecule has 1 fully saturated rings. The Kier molecular flexibility index (Phi) is 3.01. The van der Waals surface area contributed by atoms with Crippen LogP contribution in [0.2, 0.25) is 0 Å². The lowest BCUT2D eigenvalue weighted by Gasteiger charge is -2.10. The quantitative estimate of drug-likeness (QED) is 0.762. The molecule has 2 rings (SSSR count). The summed E-state index contributed by atoms with van der Waals surface area (Å²) in [6, 6.07) is 2.19. The molecule has 1 aliphatic carbocycles. The van der Waals surface area contributed by atoms with Crippen LogP contribution in [0, 0.1) is 11.8 Å². The van der Waals surface area contributed by atoms with Crippen molar-refractivity contribution < 1.29 is 0 Å². The van der Waals surface area contributed by atoms with Gasteiger partial charge in [0.2, 0.25) is 0 Å². The maximum absolute atomic E-state index is 3.52. The zero-order valence-corrected chi connectivity index (χ0v) is 8.94. The van der Waals surface area contributed by atoms with Crippen LogP contribution < -0.4 is 5.32 Å². The van der Waals surface area contributed by atoms with Gasteiger partial charge in [0.05, 0.1) is 0 Å². The van der Waals surface area contributed by atoms with Gasteiger partial charge in [0.25, 0.3) is 0 Å². The van der Waals surface area contributed by atoms with Crippen LogP contribution in [-0.4, -0.2) is 6.54 Å². The molecule has 0 aromatic carbocycles. The first-order valence-electron chi connectivity index (χ1n) is 5.08. The lowest BCUT2D eigenvalue weighted by Crippen LogP contribution is -2.21. The summed E-state index contributed by atoms with van der Waals surface area (Å²) in [5, 5.41) is 7.87. The van der Waals surface area contributed by atoms with E-state index < -0.39 is 0 Å². The zero-order chi connectivity index (χ0) is 9.10. The second-order valence-corrected chi connectivity index (χ2v) is 4.86. The van der Waals surface area contributed by atoms with E-state index in [4.69, 9.17) is 0 Å². The van der Waals surface area contributed by atoms with Crippen molar-refractivity contribution in [3.05, 3.63) is 22.4 Å². The molecule has 1 aliphatic rings. The van der Waals surface area contributed by atoms with E-state index >= 15 is 0 Å². The summed E-state index contributed by atoms with van der Waals surface area (Å²) in [6.45, 7) is 4.58. The van der Waals surface area contributed by atoms with Crippen LogP contribution in [0.25, 0.3) is 0 Å². The van der Waals surface area contributed by atoms with Gasteiger partial charge in [-0.25, -0.2) is 0 Å². The van der Waals surface area contributed by atoms with Crippen LogP contribution in [0.5, 0.6) is 0 Å². The molecular weight excluding hydrogens is 178 g/mol. The standard InChI is InChI=1S/C11H17NS/c1-9(11-2-3-11)6-12-7-10-4-5-13-8-10/h4-5,8-9,11-12H,2-3,6-7H2,1H3. The van der Waals surface area contributed by atoms with Gasteiger partial charge in [-0.2, -0.15) is 11.3 Å². The summed E-state index contributed by atoms with van der Waals surface area (Å²) in [5.74, 6) is 1.90. The smallest absolute Gasteiger partial charge is 0.0213 e. The Morgan fingerprint density at radius 1 is 1.62 bits per heavy atom. The van der Waals surface area contributed by atoms with Gasteiger partial charge in [0, 0.05) is 6.54 Å². The van der Waals surface area contributed by atoms with Gasteiger partial charge in [-0.3, -0.25) is 0 Å². The normalized spacial score (nSPS) is 18.8. The topological polar surface area (TPSA) is 12.0 Å². The number of rotatable bonds is 5. The number of hydrogen-bond donors (Lipinski definition) is 1. The van der Waals surface area contributed by atoms with Gasteiger partial charge >= 0.3 is 0 Å². The minimum absolute atomic E-state index is 0.874. The third-order valence-electron chi connectivity index (χ3n) is 2.80. The van der Waals surface area contributed by atoms with Gasteiger partial charge < -0.3 is 5.32 Å². The average molecular weight is 195 g/mol. The average Bonchev–Trinajstić information content (AvgIpc) is 2.86. The molecule has 13 heavy (non-hydrogen) atoms. The molecule has 0 aliphatic heterocycles. The van der Waals surface area contributed by atoms with Crippen molar-refractivity contribution >= 4 is 11.3 Å². The van der Waals surface area contributed by atoms with Crippen molar-refractivity contribution in [3.63, 3.8) is 0 Å². The Bertz CT molecular complexity index is 239. The third-order valence-corrected chi connectivity index (χ3v) is 3.53. The van der Waals surface area contributed by atoms with Gasteiger partial charge in [-0.05, 0) is 53.6 Å². The van der Waals surface area contributed by atoms with E-state index in [0.29, 0.717) is 0 Å². The highest BCUT2D eigenvalue weighted by atomic mass is 32.1. The predicted octanol–water partition coefficient (Wildman–Crippen LogP) is 2.88. The van der Waals surface area contributed by atoms with Crippen LogP contribution in [0.3, 0.4) is 0 Å². The summed E-state index contributed by atoms with van der Waals surface area (Å²) in [5.41, 5.74) is 1.42. The highest BCUT2D eigenvalue weighted by molar-refractivity contribution is 7.07. The van der Waals surface area contributed by atoms with Gasteiger partial charge in [0.15, 0.2) is 0 Å². The molecule has 0 amide bonds. The number of nitrogens with one attached hydrogen (secondary N) is 1. The Hall–Kier alpha value is -0.340. The van der Waals surface area contributed by atoms with E-state index in [1.54, 1.807) is 11.3 Å². The fraction of sp³-hybridized carbons (Fsp3) is 0.636. The Balaban J connectivity index is 1.63. The molecule has 1 atom stereocenters. The van der Waals surface area contributed by atoms with Crippen molar-refractivity contribution in [2.75, 3.05) is 6.54 Å². The molecule has 1 saturated carbocycles. The fourth-order valence-electron chi connectivity index (χ4n) is 1.67. The minimum Gasteiger partial charge on any atom is -0.312 e. The second-order valence-electron chi connectivity index (χ2n) is 4.08. The van der Waals surface area contributed by atoms with Gasteiger partial charge in [-0.15, -0.1) is 0 Å². The lowest BCUT2D eigenvalue weighted by atomic mass is 10.1. The SMILES string of the molecule is CC(CNCc1ccsc1)C1CC1. The van der Waals surface area contributed by atoms with E-state index in [0.717, 1.165) is 18.4 Å². The molecule has 0 saturated heterocycles. The molecule has 2 heteroatoms. The maximum atomic E-state index is 3.52. The van der Waals surface area contributed by atoms with Crippen molar-refractivity contribution in [1.29, 1.82) is 0 Å². The Morgan fingerprint density at radius 2 is 2.46 bits per heavy atom. The van der Waals surface area contributed by atoms with Crippen LogP contribution in [-0.2, 0) is 6.54 Å². The first kappa shape index (κ1) is 9.22. The highest BCUT2D eigenvalue weighted by Crippen LogP contribution is 2.36. The summed E-state index contributed by atoms with van der Waals surface area (Å²) in [4.78, 5) is 0. The van der Waals surface area contributed by atoms with E-state index in [1.807, 2.05) is 0 Å². The zero-order valence-electron chi connectivity index (χ0n) is 8.12. The van der Waals surface area contributed by atoms with Gasteiger partial charge in [-0.1, -0.05) is 6.92 Å². The fourth-order valence-corrected chi connectivity index (χ4v) is 2.34. The molecule has 1 aromatic heterocycles. The number of hydrogen-bond acceptors (Lipinski definition) is 2. The Labute approximate surface area is 84.2 Å². The molecule has 1 unspecified atom stereocenters. The first-order chi connectivity index (χ1) is 6.36. The Morgan fingerprint density at radius 3 is 3.08 bits per heavy atom. The van der Waals surface area contributed by atoms with Crippen LogP contribution >= 0.6 is 11.3 Å². The molecule has 72 valence electrons. The van der Waals surface area contributed by atoms with Crippen molar-refractivity contribution in [3.8, 4) is 0 Å². The van der Waals surface area contributed by atoms with E-state index in [9.17, 15) is 0 Å². The first-order valence-corrected chi connectivity index (χ1v) is 6.02. The predicted molar refractivity (Wildman–Crippen MR) is 57.9 cm³/mol. The maximum Gasteiger partial charge on any atom is 0.0213 e. The van der Waals surface area contributed by atoms with Crippen LogP contribution in [0.15, 0.2) is 16.8 Å². The minimum atomic E-state index is 0.874. The second kappa shape index (κ2) is 4.25. The van der Waals surface area contributed by atoms with Crippen molar-refractivity contribution in [2.45, 2.75) is 26.3 Å².